The molecule has 1 aromatic heterocycles. The number of fused-ring (bicyclic) bond motifs is 1. The first-order valence-electron chi connectivity index (χ1n) is 12.6. The lowest BCUT2D eigenvalue weighted by molar-refractivity contribution is -0.133. The van der Waals surface area contributed by atoms with E-state index in [-0.39, 0.29) is 36.5 Å². The average Bonchev–Trinajstić information content (AvgIpc) is 3.44. The molecule has 2 saturated heterocycles. The Bertz CT molecular complexity index is 1120. The van der Waals surface area contributed by atoms with E-state index < -0.39 is 11.6 Å². The fourth-order valence-corrected chi connectivity index (χ4v) is 5.81. The first-order valence-corrected chi connectivity index (χ1v) is 12.6. The Morgan fingerprint density at radius 2 is 1.77 bits per heavy atom. The van der Waals surface area contributed by atoms with Gasteiger partial charge < -0.3 is 14.5 Å². The van der Waals surface area contributed by atoms with Crippen LogP contribution < -0.4 is 0 Å². The minimum absolute atomic E-state index is 0.0248. The molecule has 0 saturated carbocycles. The Morgan fingerprint density at radius 3 is 2.49 bits per heavy atom. The molecule has 2 aliphatic heterocycles. The maximum atomic E-state index is 14.2. The molecule has 7 nitrogen and oxygen atoms in total. The molecule has 3 aliphatic rings. The van der Waals surface area contributed by atoms with Gasteiger partial charge in [0.25, 0.3) is 5.91 Å². The van der Waals surface area contributed by atoms with Gasteiger partial charge >= 0.3 is 0 Å². The summed E-state index contributed by atoms with van der Waals surface area (Å²) in [5, 5.41) is 4.62. The standard InChI is InChI=1S/C26H32F2N4O3/c1-16-13-31(14-17(2)35-16)26(34)25-20-6-4-8-22(20)32(29-25)15-23(33)30-11-9-18(10-12-30)19-5-3-7-21(27)24(19)28/h3,5,7,16-18H,4,6,8-15H2,1-2H3/t16-,17+. The van der Waals surface area contributed by atoms with Gasteiger partial charge in [0, 0.05) is 37.4 Å². The van der Waals surface area contributed by atoms with Crippen LogP contribution in [0.5, 0.6) is 0 Å². The van der Waals surface area contributed by atoms with E-state index in [9.17, 15) is 18.4 Å². The molecule has 0 unspecified atom stereocenters. The second-order valence-corrected chi connectivity index (χ2v) is 10.1. The Balaban J connectivity index is 1.26. The van der Waals surface area contributed by atoms with Crippen molar-refractivity contribution in [3.63, 3.8) is 0 Å². The van der Waals surface area contributed by atoms with Crippen LogP contribution in [0.15, 0.2) is 18.2 Å². The van der Waals surface area contributed by atoms with E-state index in [1.807, 2.05) is 18.7 Å². The number of aromatic nitrogens is 2. The van der Waals surface area contributed by atoms with Crippen LogP contribution >= 0.6 is 0 Å². The minimum Gasteiger partial charge on any atom is -0.372 e. The summed E-state index contributed by atoms with van der Waals surface area (Å²) in [4.78, 5) is 30.0. The van der Waals surface area contributed by atoms with Gasteiger partial charge in [-0.15, -0.1) is 0 Å². The molecular weight excluding hydrogens is 454 g/mol. The third kappa shape index (κ3) is 4.70. The van der Waals surface area contributed by atoms with Crippen LogP contribution in [0.4, 0.5) is 8.78 Å². The number of piperidine rings is 1. The highest BCUT2D eigenvalue weighted by atomic mass is 19.2. The van der Waals surface area contributed by atoms with E-state index in [4.69, 9.17) is 4.74 Å². The minimum atomic E-state index is -0.833. The first kappa shape index (κ1) is 23.9. The van der Waals surface area contributed by atoms with Crippen molar-refractivity contribution in [2.75, 3.05) is 26.2 Å². The number of carbonyl (C=O) groups excluding carboxylic acids is 2. The van der Waals surface area contributed by atoms with Crippen molar-refractivity contribution < 1.29 is 23.1 Å². The van der Waals surface area contributed by atoms with Gasteiger partial charge in [-0.05, 0) is 63.5 Å². The number of halogens is 2. The zero-order valence-electron chi connectivity index (χ0n) is 20.3. The second kappa shape index (κ2) is 9.68. The highest BCUT2D eigenvalue weighted by Gasteiger charge is 2.34. The number of rotatable bonds is 4. The number of nitrogens with zero attached hydrogens (tertiary/aromatic N) is 4. The maximum absolute atomic E-state index is 14.2. The van der Waals surface area contributed by atoms with Crippen molar-refractivity contribution in [1.29, 1.82) is 0 Å². The Hall–Kier alpha value is -2.81. The van der Waals surface area contributed by atoms with Crippen LogP contribution in [0.2, 0.25) is 0 Å². The van der Waals surface area contributed by atoms with Gasteiger partial charge in [-0.25, -0.2) is 8.78 Å². The van der Waals surface area contributed by atoms with Gasteiger partial charge in [-0.2, -0.15) is 5.10 Å². The number of morpholine rings is 1. The van der Waals surface area contributed by atoms with E-state index >= 15 is 0 Å². The summed E-state index contributed by atoms with van der Waals surface area (Å²) in [7, 11) is 0. The van der Waals surface area contributed by atoms with E-state index in [1.54, 1.807) is 15.6 Å². The summed E-state index contributed by atoms with van der Waals surface area (Å²) < 4.78 is 35.3. The molecule has 0 N–H and O–H groups in total. The maximum Gasteiger partial charge on any atom is 0.274 e. The number of likely N-dealkylation sites (tertiary alicyclic amines) is 1. The van der Waals surface area contributed by atoms with Crippen molar-refractivity contribution in [1.82, 2.24) is 19.6 Å². The molecule has 1 aliphatic carbocycles. The second-order valence-electron chi connectivity index (χ2n) is 10.1. The summed E-state index contributed by atoms with van der Waals surface area (Å²) in [5.74, 6) is -1.88. The Labute approximate surface area is 204 Å². The molecule has 2 atom stereocenters. The van der Waals surface area contributed by atoms with Gasteiger partial charge in [0.05, 0.1) is 12.2 Å². The van der Waals surface area contributed by atoms with Crippen LogP contribution in [-0.4, -0.2) is 69.8 Å². The number of amides is 2. The van der Waals surface area contributed by atoms with Crippen LogP contribution in [-0.2, 0) is 28.9 Å². The molecule has 2 amide bonds. The number of benzene rings is 1. The van der Waals surface area contributed by atoms with Crippen molar-refractivity contribution >= 4 is 11.8 Å². The van der Waals surface area contributed by atoms with Gasteiger partial charge in [0.2, 0.25) is 5.91 Å². The summed E-state index contributed by atoms with van der Waals surface area (Å²) in [6.45, 7) is 6.04. The molecule has 35 heavy (non-hydrogen) atoms. The molecule has 9 heteroatoms. The molecule has 2 aromatic rings. The molecule has 5 rings (SSSR count). The predicted octanol–water partition coefficient (Wildman–Crippen LogP) is 3.31. The Kier molecular flexibility index (Phi) is 6.61. The monoisotopic (exact) mass is 486 g/mol. The molecular formula is C26H32F2N4O3. The fourth-order valence-electron chi connectivity index (χ4n) is 5.81. The van der Waals surface area contributed by atoms with Gasteiger partial charge in [0.1, 0.15) is 6.54 Å². The normalized spacial score (nSPS) is 23.0. The molecule has 0 bridgehead atoms. The highest BCUT2D eigenvalue weighted by molar-refractivity contribution is 5.94. The van der Waals surface area contributed by atoms with E-state index in [0.717, 1.165) is 36.6 Å². The van der Waals surface area contributed by atoms with Gasteiger partial charge in [-0.1, -0.05) is 12.1 Å². The topological polar surface area (TPSA) is 67.7 Å². The lowest BCUT2D eigenvalue weighted by atomic mass is 9.89. The summed E-state index contributed by atoms with van der Waals surface area (Å²) in [5.41, 5.74) is 2.80. The molecule has 1 aromatic carbocycles. The summed E-state index contributed by atoms with van der Waals surface area (Å²) >= 11 is 0. The van der Waals surface area contributed by atoms with Gasteiger partial charge in [0.15, 0.2) is 17.3 Å². The first-order chi connectivity index (χ1) is 16.8. The van der Waals surface area contributed by atoms with Crippen molar-refractivity contribution in [2.24, 2.45) is 0 Å². The van der Waals surface area contributed by atoms with Crippen LogP contribution in [0.1, 0.15) is 66.3 Å². The van der Waals surface area contributed by atoms with E-state index in [2.05, 4.69) is 5.10 Å². The van der Waals surface area contributed by atoms with Crippen molar-refractivity contribution in [2.45, 2.75) is 70.6 Å². The summed E-state index contributed by atoms with van der Waals surface area (Å²) in [6, 6.07) is 4.28. The molecule has 3 heterocycles. The van der Waals surface area contributed by atoms with Crippen LogP contribution in [0, 0.1) is 11.6 Å². The Morgan fingerprint density at radius 1 is 1.06 bits per heavy atom. The lowest BCUT2D eigenvalue weighted by Gasteiger charge is -2.35. The van der Waals surface area contributed by atoms with E-state index in [0.29, 0.717) is 50.3 Å². The SMILES string of the molecule is C[C@@H]1CN(C(=O)c2nn(CC(=O)N3CCC(c4cccc(F)c4F)CC3)c3c2CCC3)C[C@H](C)O1. The number of ether oxygens (including phenoxy) is 1. The van der Waals surface area contributed by atoms with Crippen molar-refractivity contribution in [3.05, 3.63) is 52.3 Å². The smallest absolute Gasteiger partial charge is 0.274 e. The molecule has 0 radical (unpaired) electrons. The van der Waals surface area contributed by atoms with Crippen molar-refractivity contribution in [3.8, 4) is 0 Å². The zero-order valence-corrected chi connectivity index (χ0v) is 20.3. The largest absolute Gasteiger partial charge is 0.372 e. The lowest BCUT2D eigenvalue weighted by Crippen LogP contribution is -2.48. The number of hydrogen-bond donors (Lipinski definition) is 0. The van der Waals surface area contributed by atoms with Crippen LogP contribution in [0.25, 0.3) is 0 Å². The third-order valence-electron chi connectivity index (χ3n) is 7.47. The zero-order chi connectivity index (χ0) is 24.7. The average molecular weight is 487 g/mol. The van der Waals surface area contributed by atoms with Gasteiger partial charge in [-0.3, -0.25) is 14.3 Å². The molecule has 188 valence electrons. The summed E-state index contributed by atoms with van der Waals surface area (Å²) in [6.07, 6.45) is 3.67. The highest BCUT2D eigenvalue weighted by Crippen LogP contribution is 2.31. The number of carbonyl (C=O) groups is 2. The predicted molar refractivity (Wildman–Crippen MR) is 125 cm³/mol. The quantitative estimate of drug-likeness (QED) is 0.665. The molecule has 2 fully saturated rings. The van der Waals surface area contributed by atoms with E-state index in [1.165, 1.54) is 6.07 Å². The fraction of sp³-hybridized carbons (Fsp3) is 0.577. The third-order valence-corrected chi connectivity index (χ3v) is 7.47. The number of hydrogen-bond acceptors (Lipinski definition) is 4. The molecule has 0 spiro atoms. The van der Waals surface area contributed by atoms with Crippen LogP contribution in [0.3, 0.4) is 0 Å².